The smallest absolute Gasteiger partial charge is 0.264 e. The Balaban J connectivity index is 1.55. The van der Waals surface area contributed by atoms with E-state index in [2.05, 4.69) is 10.3 Å². The minimum atomic E-state index is -3.75. The fourth-order valence-electron chi connectivity index (χ4n) is 3.17. The first-order valence-electron chi connectivity index (χ1n) is 9.35. The van der Waals surface area contributed by atoms with E-state index in [1.165, 1.54) is 35.6 Å². The number of carbonyl (C=O) groups is 1. The molecular formula is C22H19ClN4O3S. The number of hydrogen-bond acceptors (Lipinski definition) is 4. The fraction of sp³-hybridized carbons (Fsp3) is 0.0909. The van der Waals surface area contributed by atoms with Crippen molar-refractivity contribution < 1.29 is 13.2 Å². The Morgan fingerprint density at radius 2 is 1.71 bits per heavy atom. The average Bonchev–Trinajstić information content (AvgIpc) is 3.08. The van der Waals surface area contributed by atoms with Crippen LogP contribution in [0.25, 0.3) is 11.0 Å². The largest absolute Gasteiger partial charge is 0.313 e. The molecule has 0 saturated carbocycles. The van der Waals surface area contributed by atoms with Crippen molar-refractivity contribution in [2.45, 2.75) is 4.90 Å². The lowest BCUT2D eigenvalue weighted by molar-refractivity contribution is 0.102. The molecule has 0 saturated heterocycles. The van der Waals surface area contributed by atoms with Gasteiger partial charge in [-0.1, -0.05) is 29.8 Å². The van der Waals surface area contributed by atoms with Crippen molar-refractivity contribution in [1.29, 1.82) is 0 Å². The molecule has 0 unspecified atom stereocenters. The molecule has 4 aromatic rings. The third-order valence-electron chi connectivity index (χ3n) is 4.96. The summed E-state index contributed by atoms with van der Waals surface area (Å²) in [6.07, 6.45) is 0. The second-order valence-electron chi connectivity index (χ2n) is 6.91. The maximum atomic E-state index is 12.9. The molecule has 0 spiro atoms. The lowest BCUT2D eigenvalue weighted by atomic mass is 10.2. The Bertz CT molecular complexity index is 1370. The van der Waals surface area contributed by atoms with E-state index in [-0.39, 0.29) is 4.90 Å². The number of nitrogens with one attached hydrogen (secondary N) is 1. The van der Waals surface area contributed by atoms with Crippen molar-refractivity contribution in [3.8, 4) is 0 Å². The van der Waals surface area contributed by atoms with Gasteiger partial charge in [-0.05, 0) is 54.6 Å². The summed E-state index contributed by atoms with van der Waals surface area (Å²) in [6.45, 7) is 0. The van der Waals surface area contributed by atoms with E-state index in [0.717, 1.165) is 5.52 Å². The zero-order valence-electron chi connectivity index (χ0n) is 16.8. The fourth-order valence-corrected chi connectivity index (χ4v) is 4.53. The Kier molecular flexibility index (Phi) is 5.43. The summed E-state index contributed by atoms with van der Waals surface area (Å²) in [5, 5.41) is 3.31. The van der Waals surface area contributed by atoms with E-state index in [9.17, 15) is 13.2 Å². The molecule has 4 rings (SSSR count). The molecule has 31 heavy (non-hydrogen) atoms. The molecule has 158 valence electrons. The molecule has 1 N–H and O–H groups in total. The van der Waals surface area contributed by atoms with Gasteiger partial charge in [0.15, 0.2) is 0 Å². The Hall–Kier alpha value is -3.36. The number of rotatable bonds is 5. The number of carbonyl (C=O) groups excluding carboxylic acids is 1. The second-order valence-corrected chi connectivity index (χ2v) is 9.32. The molecular weight excluding hydrogens is 436 g/mol. The lowest BCUT2D eigenvalue weighted by Crippen LogP contribution is -2.26. The van der Waals surface area contributed by atoms with Crippen molar-refractivity contribution >= 4 is 50.2 Å². The van der Waals surface area contributed by atoms with Crippen LogP contribution in [0.4, 0.5) is 11.6 Å². The van der Waals surface area contributed by atoms with Gasteiger partial charge in [-0.2, -0.15) is 0 Å². The van der Waals surface area contributed by atoms with Gasteiger partial charge in [0.25, 0.3) is 15.9 Å². The number of benzene rings is 3. The molecule has 1 amide bonds. The van der Waals surface area contributed by atoms with E-state index >= 15 is 0 Å². The number of imidazole rings is 1. The summed E-state index contributed by atoms with van der Waals surface area (Å²) in [5.41, 5.74) is 2.35. The minimum Gasteiger partial charge on any atom is -0.313 e. The molecule has 3 aromatic carbocycles. The summed E-state index contributed by atoms with van der Waals surface area (Å²) in [4.78, 5) is 17.2. The highest BCUT2D eigenvalue weighted by atomic mass is 35.5. The van der Waals surface area contributed by atoms with Gasteiger partial charge in [0.1, 0.15) is 0 Å². The first kappa shape index (κ1) is 20.9. The highest BCUT2D eigenvalue weighted by molar-refractivity contribution is 7.92. The first-order valence-corrected chi connectivity index (χ1v) is 11.2. The molecule has 9 heteroatoms. The van der Waals surface area contributed by atoms with Crippen LogP contribution in [0, 0.1) is 0 Å². The number of aryl methyl sites for hydroxylation is 1. The first-order chi connectivity index (χ1) is 14.8. The normalized spacial score (nSPS) is 11.5. The molecule has 1 heterocycles. The lowest BCUT2D eigenvalue weighted by Gasteiger charge is -2.19. The number of para-hydroxylation sites is 1. The topological polar surface area (TPSA) is 84.3 Å². The summed E-state index contributed by atoms with van der Waals surface area (Å²) in [7, 11) is -0.474. The maximum Gasteiger partial charge on any atom is 0.264 e. The third kappa shape index (κ3) is 3.99. The van der Waals surface area contributed by atoms with Crippen LogP contribution in [0.2, 0.25) is 5.02 Å². The molecule has 0 aliphatic heterocycles. The maximum absolute atomic E-state index is 12.9. The molecule has 1 aromatic heterocycles. The number of amides is 1. The van der Waals surface area contributed by atoms with Crippen molar-refractivity contribution in [3.05, 3.63) is 83.4 Å². The van der Waals surface area contributed by atoms with Gasteiger partial charge in [0.05, 0.1) is 21.6 Å². The van der Waals surface area contributed by atoms with Crippen LogP contribution in [0.5, 0.6) is 0 Å². The minimum absolute atomic E-state index is 0.0905. The molecule has 0 aliphatic rings. The third-order valence-corrected chi connectivity index (χ3v) is 7.00. The van der Waals surface area contributed by atoms with Gasteiger partial charge >= 0.3 is 0 Å². The number of nitrogens with zero attached hydrogens (tertiary/aromatic N) is 3. The van der Waals surface area contributed by atoms with Crippen LogP contribution in [-0.2, 0) is 17.1 Å². The van der Waals surface area contributed by atoms with E-state index in [1.54, 1.807) is 48.0 Å². The highest BCUT2D eigenvalue weighted by Crippen LogP contribution is 2.24. The van der Waals surface area contributed by atoms with Gasteiger partial charge in [0.2, 0.25) is 5.95 Å². The zero-order chi connectivity index (χ0) is 22.2. The molecule has 0 fully saturated rings. The number of fused-ring (bicyclic) bond motifs is 1. The van der Waals surface area contributed by atoms with Gasteiger partial charge in [-0.25, -0.2) is 13.4 Å². The Morgan fingerprint density at radius 3 is 2.39 bits per heavy atom. The predicted octanol–water partition coefficient (Wildman–Crippen LogP) is 4.30. The van der Waals surface area contributed by atoms with Gasteiger partial charge in [0, 0.05) is 24.7 Å². The monoisotopic (exact) mass is 454 g/mol. The van der Waals surface area contributed by atoms with Crippen LogP contribution in [0.3, 0.4) is 0 Å². The summed E-state index contributed by atoms with van der Waals surface area (Å²) in [5.74, 6) is -0.0346. The highest BCUT2D eigenvalue weighted by Gasteiger charge is 2.22. The SMILES string of the molecule is CN(c1ccccc1)S(=O)(=O)c1ccc(C(=O)Nc2nc3cc(Cl)ccc3n2C)cc1. The molecule has 0 aliphatic carbocycles. The number of halogens is 1. The van der Waals surface area contributed by atoms with Gasteiger partial charge in [-0.15, -0.1) is 0 Å². The van der Waals surface area contributed by atoms with E-state index in [0.29, 0.717) is 27.7 Å². The van der Waals surface area contributed by atoms with E-state index in [1.807, 2.05) is 12.1 Å². The number of aromatic nitrogens is 2. The number of hydrogen-bond donors (Lipinski definition) is 1. The Labute approximate surface area is 184 Å². The van der Waals surface area contributed by atoms with Crippen LogP contribution < -0.4 is 9.62 Å². The van der Waals surface area contributed by atoms with Crippen LogP contribution in [0.15, 0.2) is 77.7 Å². The molecule has 7 nitrogen and oxygen atoms in total. The average molecular weight is 455 g/mol. The van der Waals surface area contributed by atoms with E-state index < -0.39 is 15.9 Å². The molecule has 0 bridgehead atoms. The number of sulfonamides is 1. The van der Waals surface area contributed by atoms with Crippen LogP contribution >= 0.6 is 11.6 Å². The Morgan fingerprint density at radius 1 is 1.03 bits per heavy atom. The summed E-state index contributed by atoms with van der Waals surface area (Å²) < 4.78 is 28.7. The van der Waals surface area contributed by atoms with Crippen LogP contribution in [0.1, 0.15) is 10.4 Å². The van der Waals surface area contributed by atoms with Crippen LogP contribution in [-0.4, -0.2) is 30.9 Å². The van der Waals surface area contributed by atoms with Crippen molar-refractivity contribution in [1.82, 2.24) is 9.55 Å². The zero-order valence-corrected chi connectivity index (χ0v) is 18.4. The van der Waals surface area contributed by atoms with Crippen molar-refractivity contribution in [3.63, 3.8) is 0 Å². The molecule has 0 atom stereocenters. The number of anilines is 2. The van der Waals surface area contributed by atoms with Gasteiger partial charge < -0.3 is 4.57 Å². The summed E-state index contributed by atoms with van der Waals surface area (Å²) >= 11 is 6.01. The second kappa shape index (κ2) is 8.05. The van der Waals surface area contributed by atoms with Gasteiger partial charge in [-0.3, -0.25) is 14.4 Å². The quantitative estimate of drug-likeness (QED) is 0.487. The standard InChI is InChI=1S/C22H19ClN4O3S/c1-26-20-13-10-16(23)14-19(20)24-22(26)25-21(28)15-8-11-18(12-9-15)31(29,30)27(2)17-6-4-3-5-7-17/h3-14H,1-2H3,(H,24,25,28). The predicted molar refractivity (Wildman–Crippen MR) is 122 cm³/mol. The van der Waals surface area contributed by atoms with Crippen molar-refractivity contribution in [2.75, 3.05) is 16.7 Å². The van der Waals surface area contributed by atoms with E-state index in [4.69, 9.17) is 11.6 Å². The van der Waals surface area contributed by atoms with Crippen molar-refractivity contribution in [2.24, 2.45) is 7.05 Å². The molecule has 0 radical (unpaired) electrons. The summed E-state index contributed by atoms with van der Waals surface area (Å²) in [6, 6.07) is 19.8.